The molecule has 1 fully saturated rings. The molecule has 4 rings (SSSR count). The van der Waals surface area contributed by atoms with Crippen LogP contribution >= 0.6 is 0 Å². The van der Waals surface area contributed by atoms with E-state index < -0.39 is 30.0 Å². The van der Waals surface area contributed by atoms with Crippen LogP contribution in [-0.2, 0) is 14.3 Å². The van der Waals surface area contributed by atoms with Crippen molar-refractivity contribution in [1.29, 1.82) is 0 Å². The number of anilines is 1. The summed E-state index contributed by atoms with van der Waals surface area (Å²) in [6.45, 7) is 3.33. The number of cyclic esters (lactones) is 1. The van der Waals surface area contributed by atoms with E-state index in [0.717, 1.165) is 0 Å². The van der Waals surface area contributed by atoms with Crippen LogP contribution < -0.4 is 10.6 Å². The zero-order valence-electron chi connectivity index (χ0n) is 17.4. The number of hydrogen-bond donors (Lipinski definition) is 1. The molecule has 1 aliphatic heterocycles. The first-order chi connectivity index (χ1) is 15.3. The maximum atomic E-state index is 14.9. The molecule has 1 amide bonds. The molecular formula is C21H21FN5O5+. The maximum Gasteiger partial charge on any atom is 0.414 e. The Kier molecular flexibility index (Phi) is 5.82. The number of rotatable bonds is 6. The fraction of sp³-hybridized carbons (Fsp3) is 0.286. The molecule has 1 aromatic carbocycles. The fourth-order valence-electron chi connectivity index (χ4n) is 3.12. The highest BCUT2D eigenvalue weighted by Gasteiger charge is 2.34. The topological polar surface area (TPSA) is 135 Å². The Balaban J connectivity index is 1.46. The molecule has 0 saturated carbocycles. The number of amides is 1. The number of nitrogens with zero attached hydrogens (tertiary/aromatic N) is 4. The van der Waals surface area contributed by atoms with Gasteiger partial charge in [-0.1, -0.05) is 6.07 Å². The smallest absolute Gasteiger partial charge is 0.414 e. The summed E-state index contributed by atoms with van der Waals surface area (Å²) < 4.78 is 30.5. The summed E-state index contributed by atoms with van der Waals surface area (Å²) in [5.41, 5.74) is 5.25. The summed E-state index contributed by atoms with van der Waals surface area (Å²) in [5.74, 6) is -0.310. The van der Waals surface area contributed by atoms with Crippen LogP contribution in [0.25, 0.3) is 22.7 Å². The molecule has 3 heterocycles. The van der Waals surface area contributed by atoms with E-state index >= 15 is 0 Å². The molecule has 1 saturated heterocycles. The first-order valence-corrected chi connectivity index (χ1v) is 9.86. The van der Waals surface area contributed by atoms with Crippen molar-refractivity contribution in [2.75, 3.05) is 18.1 Å². The molecule has 0 bridgehead atoms. The number of aromatic nitrogens is 3. The molecule has 1 aliphatic rings. The van der Waals surface area contributed by atoms with Crippen LogP contribution in [0.2, 0.25) is 0 Å². The monoisotopic (exact) mass is 442 g/mol. The van der Waals surface area contributed by atoms with Gasteiger partial charge in [-0.15, -0.1) is 10.2 Å². The van der Waals surface area contributed by atoms with E-state index in [1.54, 1.807) is 38.1 Å². The number of benzene rings is 1. The van der Waals surface area contributed by atoms with Gasteiger partial charge in [-0.3, -0.25) is 9.88 Å². The number of hydrogen-bond acceptors (Lipinski definition) is 8. The van der Waals surface area contributed by atoms with Gasteiger partial charge >= 0.3 is 12.1 Å². The van der Waals surface area contributed by atoms with Crippen LogP contribution in [-0.4, -0.2) is 52.5 Å². The van der Waals surface area contributed by atoms with E-state index in [1.165, 1.54) is 17.2 Å². The molecule has 0 unspecified atom stereocenters. The van der Waals surface area contributed by atoms with Crippen LogP contribution in [0.5, 0.6) is 0 Å². The quantitative estimate of drug-likeness (QED) is 0.571. The first-order valence-electron chi connectivity index (χ1n) is 9.86. The van der Waals surface area contributed by atoms with Gasteiger partial charge in [0.25, 0.3) is 5.89 Å². The molecular weight excluding hydrogens is 421 g/mol. The molecule has 2 aromatic heterocycles. The third-order valence-corrected chi connectivity index (χ3v) is 4.77. The van der Waals surface area contributed by atoms with Crippen LogP contribution in [0.15, 0.2) is 40.9 Å². The first kappa shape index (κ1) is 21.4. The lowest BCUT2D eigenvalue weighted by molar-refractivity contribution is -0.403. The number of ether oxygens (including phenoxy) is 2. The molecule has 0 radical (unpaired) electrons. The van der Waals surface area contributed by atoms with Crippen LogP contribution in [0.1, 0.15) is 12.8 Å². The number of carbonyl (C=O) groups excluding carboxylic acids is 2. The summed E-state index contributed by atoms with van der Waals surface area (Å²) in [7, 11) is 0. The van der Waals surface area contributed by atoms with Gasteiger partial charge in [-0.05, 0) is 31.2 Å². The molecule has 2 atom stereocenters. The second-order valence-electron chi connectivity index (χ2n) is 7.37. The highest BCUT2D eigenvalue weighted by molar-refractivity contribution is 5.90. The number of pyridine rings is 1. The zero-order chi connectivity index (χ0) is 22.8. The van der Waals surface area contributed by atoms with Crippen molar-refractivity contribution in [3.05, 3.63) is 48.2 Å². The van der Waals surface area contributed by atoms with Gasteiger partial charge in [-0.25, -0.2) is 14.0 Å². The number of quaternary nitrogens is 1. The lowest BCUT2D eigenvalue weighted by atomic mass is 10.1. The molecule has 10 nitrogen and oxygen atoms in total. The van der Waals surface area contributed by atoms with Gasteiger partial charge in [0, 0.05) is 24.2 Å². The standard InChI is InChI=1S/C21H20FN5O5/c1-11(23)20(28)30-10-15-9-27(21(29)32-15)14-4-5-16(17(22)7-14)13-3-6-18(24-8-13)19-26-25-12(2)31-19/h3-8,11,15H,9-10,23H2,1-2H3/p+1/t11-,15+/m0/s1. The second-order valence-corrected chi connectivity index (χ2v) is 7.37. The SMILES string of the molecule is Cc1nnc(-c2ccc(-c3ccc(N4C[C@H](COC(=O)[C@H](C)[NH3+])OC4=O)cc3F)cn2)o1. The van der Waals surface area contributed by atoms with Crippen LogP contribution in [0.3, 0.4) is 0 Å². The molecule has 0 spiro atoms. The van der Waals surface area contributed by atoms with Gasteiger partial charge in [0.05, 0.1) is 12.2 Å². The summed E-state index contributed by atoms with van der Waals surface area (Å²) in [5, 5.41) is 7.66. The van der Waals surface area contributed by atoms with Gasteiger partial charge in [0.2, 0.25) is 5.89 Å². The van der Waals surface area contributed by atoms with Crippen LogP contribution in [0.4, 0.5) is 14.9 Å². The average molecular weight is 442 g/mol. The lowest BCUT2D eigenvalue weighted by Gasteiger charge is -2.14. The number of carbonyl (C=O) groups is 2. The van der Waals surface area contributed by atoms with Crippen molar-refractivity contribution >= 4 is 17.7 Å². The minimum atomic E-state index is -0.641. The van der Waals surface area contributed by atoms with Gasteiger partial charge in [-0.2, -0.15) is 0 Å². The minimum absolute atomic E-state index is 0.0842. The summed E-state index contributed by atoms with van der Waals surface area (Å²) in [4.78, 5) is 29.3. The highest BCUT2D eigenvalue weighted by atomic mass is 19.1. The highest BCUT2D eigenvalue weighted by Crippen LogP contribution is 2.29. The predicted molar refractivity (Wildman–Crippen MR) is 109 cm³/mol. The van der Waals surface area contributed by atoms with E-state index in [0.29, 0.717) is 28.4 Å². The predicted octanol–water partition coefficient (Wildman–Crippen LogP) is 1.74. The van der Waals surface area contributed by atoms with E-state index in [4.69, 9.17) is 13.9 Å². The average Bonchev–Trinajstić information content (AvgIpc) is 3.37. The Hall–Kier alpha value is -3.86. The maximum absolute atomic E-state index is 14.9. The number of esters is 1. The van der Waals surface area contributed by atoms with E-state index in [2.05, 4.69) is 20.9 Å². The van der Waals surface area contributed by atoms with Crippen molar-refractivity contribution in [3.63, 3.8) is 0 Å². The zero-order valence-corrected chi connectivity index (χ0v) is 17.4. The van der Waals surface area contributed by atoms with Crippen molar-refractivity contribution < 1.29 is 33.6 Å². The summed E-state index contributed by atoms with van der Waals surface area (Å²) in [6.07, 6.45) is 0.227. The summed E-state index contributed by atoms with van der Waals surface area (Å²) in [6, 6.07) is 7.25. The van der Waals surface area contributed by atoms with E-state index in [1.807, 2.05) is 0 Å². The van der Waals surface area contributed by atoms with Crippen molar-refractivity contribution in [1.82, 2.24) is 15.2 Å². The van der Waals surface area contributed by atoms with Crippen LogP contribution in [0, 0.1) is 12.7 Å². The van der Waals surface area contributed by atoms with Gasteiger partial charge in [0.15, 0.2) is 12.1 Å². The largest absolute Gasteiger partial charge is 0.457 e. The fourth-order valence-corrected chi connectivity index (χ4v) is 3.12. The Morgan fingerprint density at radius 1 is 1.34 bits per heavy atom. The Morgan fingerprint density at radius 3 is 2.78 bits per heavy atom. The molecule has 166 valence electrons. The Bertz CT molecular complexity index is 1150. The lowest BCUT2D eigenvalue weighted by Crippen LogP contribution is -2.63. The summed E-state index contributed by atoms with van der Waals surface area (Å²) >= 11 is 0. The number of aryl methyl sites for hydroxylation is 1. The third-order valence-electron chi connectivity index (χ3n) is 4.77. The van der Waals surface area contributed by atoms with Crippen molar-refractivity contribution in [2.24, 2.45) is 0 Å². The molecule has 3 aromatic rings. The molecule has 32 heavy (non-hydrogen) atoms. The molecule has 0 aliphatic carbocycles. The third kappa shape index (κ3) is 4.42. The van der Waals surface area contributed by atoms with Crippen molar-refractivity contribution in [3.8, 4) is 22.7 Å². The van der Waals surface area contributed by atoms with E-state index in [-0.39, 0.29) is 19.0 Å². The van der Waals surface area contributed by atoms with E-state index in [9.17, 15) is 14.0 Å². The molecule has 11 heteroatoms. The van der Waals surface area contributed by atoms with Gasteiger partial charge < -0.3 is 19.6 Å². The normalized spacial score (nSPS) is 16.7. The Morgan fingerprint density at radius 2 is 2.16 bits per heavy atom. The second kappa shape index (κ2) is 8.71. The van der Waals surface area contributed by atoms with Crippen molar-refractivity contribution in [2.45, 2.75) is 26.0 Å². The number of halogens is 1. The Labute approximate surface area is 182 Å². The minimum Gasteiger partial charge on any atom is -0.457 e. The molecule has 3 N–H and O–H groups in total. The van der Waals surface area contributed by atoms with Gasteiger partial charge in [0.1, 0.15) is 18.1 Å².